The molecule has 1 fully saturated rings. The van der Waals surface area contributed by atoms with Crippen molar-refractivity contribution in [1.82, 2.24) is 5.32 Å². The van der Waals surface area contributed by atoms with Crippen LogP contribution in [-0.4, -0.2) is 18.5 Å². The van der Waals surface area contributed by atoms with E-state index in [1.54, 1.807) is 0 Å². The molecule has 128 valence electrons. The first-order valence-corrected chi connectivity index (χ1v) is 9.33. The van der Waals surface area contributed by atoms with E-state index in [1.165, 1.54) is 24.8 Å². The lowest BCUT2D eigenvalue weighted by molar-refractivity contribution is -0.122. The lowest BCUT2D eigenvalue weighted by Crippen LogP contribution is -2.42. The quantitative estimate of drug-likeness (QED) is 0.681. The summed E-state index contributed by atoms with van der Waals surface area (Å²) in [4.78, 5) is 12.2. The largest absolute Gasteiger partial charge is 0.353 e. The van der Waals surface area contributed by atoms with E-state index < -0.39 is 0 Å². The molecule has 0 radical (unpaired) electrons. The van der Waals surface area contributed by atoms with E-state index in [2.05, 4.69) is 35.6 Å². The molecule has 2 rings (SSSR count). The predicted octanol–water partition coefficient (Wildman–Crippen LogP) is 3.81. The van der Waals surface area contributed by atoms with Crippen molar-refractivity contribution >= 4 is 5.91 Å². The summed E-state index contributed by atoms with van der Waals surface area (Å²) in [6.07, 6.45) is 11.0. The Balaban J connectivity index is 1.75. The number of benzene rings is 1. The third kappa shape index (κ3) is 6.74. The molecule has 1 aromatic carbocycles. The van der Waals surface area contributed by atoms with Gasteiger partial charge in [-0.15, -0.1) is 0 Å². The van der Waals surface area contributed by atoms with Crippen LogP contribution >= 0.6 is 0 Å². The monoisotopic (exact) mass is 316 g/mol. The fourth-order valence-corrected chi connectivity index (χ4v) is 3.62. The fraction of sp³-hybridized carbons (Fsp3) is 0.650. The van der Waals surface area contributed by atoms with Gasteiger partial charge in [0.2, 0.25) is 5.91 Å². The first kappa shape index (κ1) is 18.0. The first-order valence-electron chi connectivity index (χ1n) is 9.33. The van der Waals surface area contributed by atoms with Crippen molar-refractivity contribution in [3.8, 4) is 0 Å². The van der Waals surface area contributed by atoms with Gasteiger partial charge in [-0.2, -0.15) is 0 Å². The van der Waals surface area contributed by atoms with Gasteiger partial charge in [-0.25, -0.2) is 0 Å². The van der Waals surface area contributed by atoms with Crippen molar-refractivity contribution < 1.29 is 4.79 Å². The minimum absolute atomic E-state index is 0.239. The molecule has 23 heavy (non-hydrogen) atoms. The molecule has 3 N–H and O–H groups in total. The normalized spacial score (nSPS) is 21.1. The Hall–Kier alpha value is -1.35. The van der Waals surface area contributed by atoms with Crippen LogP contribution in [0.5, 0.6) is 0 Å². The van der Waals surface area contributed by atoms with E-state index in [0.29, 0.717) is 18.4 Å². The summed E-state index contributed by atoms with van der Waals surface area (Å²) in [5.41, 5.74) is 6.88. The molecule has 0 saturated heterocycles. The molecule has 2 atom stereocenters. The molecule has 1 amide bonds. The molecular formula is C20H32N2O. The summed E-state index contributed by atoms with van der Waals surface area (Å²) in [5, 5.41) is 3.32. The topological polar surface area (TPSA) is 55.1 Å². The van der Waals surface area contributed by atoms with E-state index in [1.807, 2.05) is 0 Å². The summed E-state index contributed by atoms with van der Waals surface area (Å²) in [6, 6.07) is 11.0. The number of rotatable bonds is 9. The van der Waals surface area contributed by atoms with Gasteiger partial charge in [-0.05, 0) is 50.1 Å². The average molecular weight is 316 g/mol. The lowest BCUT2D eigenvalue weighted by Gasteiger charge is -2.32. The molecule has 3 nitrogen and oxygen atoms in total. The second kappa shape index (κ2) is 10.4. The number of unbranched alkanes of at least 4 members (excludes halogenated alkanes) is 3. The SMILES string of the molecule is NCCCCCCC(=O)NC1CCCCC1Cc1ccccc1. The Morgan fingerprint density at radius 3 is 2.57 bits per heavy atom. The summed E-state index contributed by atoms with van der Waals surface area (Å²) in [7, 11) is 0. The van der Waals surface area contributed by atoms with Gasteiger partial charge in [0.1, 0.15) is 0 Å². The molecule has 0 spiro atoms. The van der Waals surface area contributed by atoms with Crippen molar-refractivity contribution in [1.29, 1.82) is 0 Å². The number of carbonyl (C=O) groups excluding carboxylic acids is 1. The highest BCUT2D eigenvalue weighted by Gasteiger charge is 2.26. The van der Waals surface area contributed by atoms with Gasteiger partial charge in [-0.1, -0.05) is 56.0 Å². The molecule has 0 aliphatic heterocycles. The number of carbonyl (C=O) groups is 1. The second-order valence-corrected chi connectivity index (χ2v) is 6.86. The number of amides is 1. The number of nitrogens with two attached hydrogens (primary N) is 1. The van der Waals surface area contributed by atoms with Gasteiger partial charge in [0.25, 0.3) is 0 Å². The van der Waals surface area contributed by atoms with Crippen molar-refractivity contribution in [2.24, 2.45) is 11.7 Å². The van der Waals surface area contributed by atoms with Gasteiger partial charge in [0.15, 0.2) is 0 Å². The highest BCUT2D eigenvalue weighted by Crippen LogP contribution is 2.27. The van der Waals surface area contributed by atoms with Crippen LogP contribution in [0.4, 0.5) is 0 Å². The zero-order valence-corrected chi connectivity index (χ0v) is 14.3. The fourth-order valence-electron chi connectivity index (χ4n) is 3.62. The van der Waals surface area contributed by atoms with E-state index in [-0.39, 0.29) is 5.91 Å². The van der Waals surface area contributed by atoms with Crippen molar-refractivity contribution in [3.63, 3.8) is 0 Å². The Morgan fingerprint density at radius 1 is 1.04 bits per heavy atom. The van der Waals surface area contributed by atoms with Gasteiger partial charge >= 0.3 is 0 Å². The summed E-state index contributed by atoms with van der Waals surface area (Å²) in [5.74, 6) is 0.829. The maximum atomic E-state index is 12.2. The molecule has 0 aromatic heterocycles. The molecule has 1 aliphatic rings. The summed E-state index contributed by atoms with van der Waals surface area (Å²) in [6.45, 7) is 0.759. The molecule has 0 heterocycles. The standard InChI is InChI=1S/C20H32N2O/c21-15-9-2-1-6-14-20(23)22-19-13-8-7-12-18(19)16-17-10-4-3-5-11-17/h3-5,10-11,18-19H,1-2,6-9,12-16,21H2,(H,22,23). The zero-order chi connectivity index (χ0) is 16.3. The maximum Gasteiger partial charge on any atom is 0.220 e. The van der Waals surface area contributed by atoms with Crippen LogP contribution < -0.4 is 11.1 Å². The van der Waals surface area contributed by atoms with Crippen molar-refractivity contribution in [3.05, 3.63) is 35.9 Å². The summed E-state index contributed by atoms with van der Waals surface area (Å²) >= 11 is 0. The first-order chi connectivity index (χ1) is 11.3. The minimum Gasteiger partial charge on any atom is -0.353 e. The van der Waals surface area contributed by atoms with E-state index in [4.69, 9.17) is 5.73 Å². The molecule has 1 aliphatic carbocycles. The molecule has 0 bridgehead atoms. The summed E-state index contributed by atoms with van der Waals surface area (Å²) < 4.78 is 0. The Morgan fingerprint density at radius 2 is 1.78 bits per heavy atom. The van der Waals surface area contributed by atoms with Crippen LogP contribution in [0, 0.1) is 5.92 Å². The van der Waals surface area contributed by atoms with Crippen LogP contribution in [0.3, 0.4) is 0 Å². The van der Waals surface area contributed by atoms with Crippen molar-refractivity contribution in [2.45, 2.75) is 70.3 Å². The van der Waals surface area contributed by atoms with Gasteiger partial charge in [0.05, 0.1) is 0 Å². The van der Waals surface area contributed by atoms with E-state index in [0.717, 1.165) is 45.1 Å². The van der Waals surface area contributed by atoms with Crippen LogP contribution in [-0.2, 0) is 11.2 Å². The molecule has 3 heteroatoms. The molecule has 2 unspecified atom stereocenters. The van der Waals surface area contributed by atoms with E-state index >= 15 is 0 Å². The number of hydrogen-bond donors (Lipinski definition) is 2. The Labute approximate surface area is 141 Å². The second-order valence-electron chi connectivity index (χ2n) is 6.86. The van der Waals surface area contributed by atoms with Gasteiger partial charge in [-0.3, -0.25) is 4.79 Å². The zero-order valence-electron chi connectivity index (χ0n) is 14.3. The van der Waals surface area contributed by atoms with Crippen molar-refractivity contribution in [2.75, 3.05) is 6.54 Å². The molecule has 1 saturated carbocycles. The lowest BCUT2D eigenvalue weighted by atomic mass is 9.80. The Bertz CT molecular complexity index is 446. The smallest absolute Gasteiger partial charge is 0.220 e. The van der Waals surface area contributed by atoms with Gasteiger partial charge in [0, 0.05) is 12.5 Å². The Kier molecular flexibility index (Phi) is 8.16. The highest BCUT2D eigenvalue weighted by molar-refractivity contribution is 5.76. The molecular weight excluding hydrogens is 284 g/mol. The van der Waals surface area contributed by atoms with Crippen LogP contribution in [0.2, 0.25) is 0 Å². The average Bonchev–Trinajstić information content (AvgIpc) is 2.57. The van der Waals surface area contributed by atoms with E-state index in [9.17, 15) is 4.79 Å². The van der Waals surface area contributed by atoms with Crippen LogP contribution in [0.25, 0.3) is 0 Å². The highest BCUT2D eigenvalue weighted by atomic mass is 16.1. The predicted molar refractivity (Wildman–Crippen MR) is 96.2 cm³/mol. The number of nitrogens with one attached hydrogen (secondary N) is 1. The minimum atomic E-state index is 0.239. The third-order valence-electron chi connectivity index (χ3n) is 4.95. The maximum absolute atomic E-state index is 12.2. The third-order valence-corrected chi connectivity index (χ3v) is 4.95. The number of hydrogen-bond acceptors (Lipinski definition) is 2. The van der Waals surface area contributed by atoms with Crippen LogP contribution in [0.15, 0.2) is 30.3 Å². The van der Waals surface area contributed by atoms with Crippen LogP contribution in [0.1, 0.15) is 63.4 Å². The van der Waals surface area contributed by atoms with Gasteiger partial charge < -0.3 is 11.1 Å². The molecule has 1 aromatic rings.